The van der Waals surface area contributed by atoms with Gasteiger partial charge in [0, 0.05) is 19.6 Å². The average molecular weight is 361 g/mol. The van der Waals surface area contributed by atoms with Gasteiger partial charge in [0.15, 0.2) is 0 Å². The number of nitrogens with one attached hydrogen (secondary N) is 1. The van der Waals surface area contributed by atoms with Crippen LogP contribution in [0.3, 0.4) is 0 Å². The molecule has 0 saturated heterocycles. The van der Waals surface area contributed by atoms with Crippen molar-refractivity contribution in [2.24, 2.45) is 0 Å². The Hall–Kier alpha value is -1.12. The highest BCUT2D eigenvalue weighted by Gasteiger charge is 1.94. The Morgan fingerprint density at radius 3 is 1.62 bits per heavy atom. The van der Waals surface area contributed by atoms with Crippen LogP contribution < -0.4 is 5.32 Å². The first-order valence-corrected chi connectivity index (χ1v) is 10.3. The predicted molar refractivity (Wildman–Crippen MR) is 120 cm³/mol. The lowest BCUT2D eigenvalue weighted by atomic mass is 10.0. The normalized spacial score (nSPS) is 13.5. The molecule has 0 aliphatic heterocycles. The summed E-state index contributed by atoms with van der Waals surface area (Å²) in [4.78, 5) is 2.21. The van der Waals surface area contributed by atoms with Crippen molar-refractivity contribution < 1.29 is 0 Å². The van der Waals surface area contributed by atoms with E-state index in [2.05, 4.69) is 83.2 Å². The number of nitrogens with zero attached hydrogens (tertiary/aromatic N) is 1. The van der Waals surface area contributed by atoms with Gasteiger partial charge in [-0.2, -0.15) is 0 Å². The Morgan fingerprint density at radius 1 is 0.692 bits per heavy atom. The molecule has 26 heavy (non-hydrogen) atoms. The first-order valence-electron chi connectivity index (χ1n) is 10.3. The third-order valence-electron chi connectivity index (χ3n) is 4.48. The highest BCUT2D eigenvalue weighted by atomic mass is 15.1. The van der Waals surface area contributed by atoms with Crippen molar-refractivity contribution >= 4 is 0 Å². The van der Waals surface area contributed by atoms with Gasteiger partial charge in [0.2, 0.25) is 0 Å². The maximum Gasteiger partial charge on any atom is 0.0137 e. The summed E-state index contributed by atoms with van der Waals surface area (Å²) >= 11 is 0. The van der Waals surface area contributed by atoms with E-state index in [0.717, 1.165) is 26.1 Å². The standard InChI is InChI=1S/C24H44N2/c1-21(2)11-8-12-22(3)13-9-14-23(4)15-10-16-24(5)17-18-25-19-20-26(6)7/h11,13,15,17,25H,8-10,12,14,16,18-20H2,1-7H3. The molecular weight excluding hydrogens is 316 g/mol. The molecule has 0 amide bonds. The van der Waals surface area contributed by atoms with Crippen LogP contribution in [0.2, 0.25) is 0 Å². The van der Waals surface area contributed by atoms with Crippen LogP contribution in [0.4, 0.5) is 0 Å². The van der Waals surface area contributed by atoms with Crippen LogP contribution in [0.1, 0.15) is 73.1 Å². The van der Waals surface area contributed by atoms with Gasteiger partial charge >= 0.3 is 0 Å². The number of allylic oxidation sites excluding steroid dienone is 7. The van der Waals surface area contributed by atoms with Gasteiger partial charge in [-0.05, 0) is 87.2 Å². The second-order valence-electron chi connectivity index (χ2n) is 8.06. The number of hydrogen-bond donors (Lipinski definition) is 1. The van der Waals surface area contributed by atoms with E-state index >= 15 is 0 Å². The number of rotatable bonds is 14. The third-order valence-corrected chi connectivity index (χ3v) is 4.48. The summed E-state index contributed by atoms with van der Waals surface area (Å²) in [5.74, 6) is 0. The predicted octanol–water partition coefficient (Wildman–Crippen LogP) is 6.28. The maximum absolute atomic E-state index is 3.46. The molecule has 0 rings (SSSR count). The minimum absolute atomic E-state index is 0.985. The van der Waals surface area contributed by atoms with Gasteiger partial charge < -0.3 is 10.2 Å². The number of likely N-dealkylation sites (N-methyl/N-ethyl adjacent to an activating group) is 1. The van der Waals surface area contributed by atoms with E-state index in [9.17, 15) is 0 Å². The maximum atomic E-state index is 3.46. The fraction of sp³-hybridized carbons (Fsp3) is 0.667. The summed E-state index contributed by atoms with van der Waals surface area (Å²) in [5.41, 5.74) is 5.96. The summed E-state index contributed by atoms with van der Waals surface area (Å²) in [7, 11) is 4.22. The zero-order valence-corrected chi connectivity index (χ0v) is 18.6. The molecule has 0 fully saturated rings. The molecular formula is C24H44N2. The highest BCUT2D eigenvalue weighted by Crippen LogP contribution is 2.13. The SMILES string of the molecule is CC(C)=CCCC(C)=CCCC(C)=CCCC(C)=CCNCCN(C)C. The van der Waals surface area contributed by atoms with Crippen molar-refractivity contribution in [3.05, 3.63) is 46.6 Å². The van der Waals surface area contributed by atoms with Crippen molar-refractivity contribution in [1.82, 2.24) is 10.2 Å². The molecule has 0 unspecified atom stereocenters. The molecule has 0 bridgehead atoms. The van der Waals surface area contributed by atoms with Crippen molar-refractivity contribution in [2.75, 3.05) is 33.7 Å². The molecule has 150 valence electrons. The van der Waals surface area contributed by atoms with Crippen LogP contribution in [0.15, 0.2) is 46.6 Å². The van der Waals surface area contributed by atoms with E-state index in [0.29, 0.717) is 0 Å². The van der Waals surface area contributed by atoms with Gasteiger partial charge in [0.05, 0.1) is 0 Å². The minimum Gasteiger partial charge on any atom is -0.312 e. The first kappa shape index (κ1) is 24.9. The minimum atomic E-state index is 0.985. The lowest BCUT2D eigenvalue weighted by Gasteiger charge is -2.09. The second-order valence-corrected chi connectivity index (χ2v) is 8.06. The van der Waals surface area contributed by atoms with Gasteiger partial charge in [-0.15, -0.1) is 0 Å². The van der Waals surface area contributed by atoms with E-state index in [4.69, 9.17) is 0 Å². The highest BCUT2D eigenvalue weighted by molar-refractivity contribution is 5.07. The van der Waals surface area contributed by atoms with Gasteiger partial charge in [-0.25, -0.2) is 0 Å². The monoisotopic (exact) mass is 360 g/mol. The van der Waals surface area contributed by atoms with Crippen LogP contribution in [0.25, 0.3) is 0 Å². The van der Waals surface area contributed by atoms with Crippen molar-refractivity contribution in [1.29, 1.82) is 0 Å². The van der Waals surface area contributed by atoms with E-state index in [1.165, 1.54) is 54.4 Å². The van der Waals surface area contributed by atoms with Crippen molar-refractivity contribution in [3.8, 4) is 0 Å². The van der Waals surface area contributed by atoms with Crippen molar-refractivity contribution in [3.63, 3.8) is 0 Å². The fourth-order valence-corrected chi connectivity index (χ4v) is 2.64. The van der Waals surface area contributed by atoms with Gasteiger partial charge in [0.25, 0.3) is 0 Å². The summed E-state index contributed by atoms with van der Waals surface area (Å²) in [6.45, 7) is 14.3. The quantitative estimate of drug-likeness (QED) is 0.289. The van der Waals surface area contributed by atoms with Crippen LogP contribution in [-0.2, 0) is 0 Å². The van der Waals surface area contributed by atoms with E-state index in [1.807, 2.05) is 0 Å². The van der Waals surface area contributed by atoms with Gasteiger partial charge in [0.1, 0.15) is 0 Å². The Bertz CT molecular complexity index is 474. The van der Waals surface area contributed by atoms with Crippen LogP contribution in [0, 0.1) is 0 Å². The molecule has 0 aromatic rings. The molecule has 0 spiro atoms. The smallest absolute Gasteiger partial charge is 0.0137 e. The zero-order valence-electron chi connectivity index (χ0n) is 18.6. The van der Waals surface area contributed by atoms with Crippen LogP contribution in [-0.4, -0.2) is 38.6 Å². The molecule has 0 aromatic carbocycles. The second kappa shape index (κ2) is 16.1. The largest absolute Gasteiger partial charge is 0.312 e. The Morgan fingerprint density at radius 2 is 1.15 bits per heavy atom. The molecule has 0 aliphatic carbocycles. The lowest BCUT2D eigenvalue weighted by molar-refractivity contribution is 0.404. The van der Waals surface area contributed by atoms with Gasteiger partial charge in [-0.1, -0.05) is 46.6 Å². The van der Waals surface area contributed by atoms with Crippen LogP contribution >= 0.6 is 0 Å². The molecule has 0 atom stereocenters. The molecule has 0 heterocycles. The third kappa shape index (κ3) is 17.7. The van der Waals surface area contributed by atoms with E-state index in [-0.39, 0.29) is 0 Å². The van der Waals surface area contributed by atoms with E-state index in [1.54, 1.807) is 0 Å². The number of hydrogen-bond acceptors (Lipinski definition) is 2. The summed E-state index contributed by atoms with van der Waals surface area (Å²) in [6, 6.07) is 0. The summed E-state index contributed by atoms with van der Waals surface area (Å²) in [6.07, 6.45) is 16.6. The topological polar surface area (TPSA) is 15.3 Å². The Kier molecular flexibility index (Phi) is 15.4. The van der Waals surface area contributed by atoms with Crippen molar-refractivity contribution in [2.45, 2.75) is 73.1 Å². The molecule has 0 saturated carbocycles. The Balaban J connectivity index is 3.90. The molecule has 2 heteroatoms. The average Bonchev–Trinajstić information content (AvgIpc) is 2.53. The molecule has 0 aliphatic rings. The van der Waals surface area contributed by atoms with Crippen LogP contribution in [0.5, 0.6) is 0 Å². The zero-order chi connectivity index (χ0) is 19.8. The molecule has 1 N–H and O–H groups in total. The molecule has 2 nitrogen and oxygen atoms in total. The lowest BCUT2D eigenvalue weighted by Crippen LogP contribution is -2.26. The van der Waals surface area contributed by atoms with Gasteiger partial charge in [-0.3, -0.25) is 0 Å². The summed E-state index contributed by atoms with van der Waals surface area (Å²) < 4.78 is 0. The first-order chi connectivity index (χ1) is 12.3. The molecule has 0 radical (unpaired) electrons. The summed E-state index contributed by atoms with van der Waals surface area (Å²) in [5, 5.41) is 3.46. The van der Waals surface area contributed by atoms with E-state index < -0.39 is 0 Å². The molecule has 0 aromatic heterocycles. The Labute approximate surface area is 164 Å². The fourth-order valence-electron chi connectivity index (χ4n) is 2.64.